The zero-order valence-corrected chi connectivity index (χ0v) is 15.4. The fourth-order valence-electron chi connectivity index (χ4n) is 2.46. The van der Waals surface area contributed by atoms with Gasteiger partial charge in [0.25, 0.3) is 10.0 Å². The zero-order chi connectivity index (χ0) is 18.8. The first kappa shape index (κ1) is 18.1. The highest BCUT2D eigenvalue weighted by molar-refractivity contribution is 7.93. The topological polar surface area (TPSA) is 111 Å². The van der Waals surface area contributed by atoms with Gasteiger partial charge in [0, 0.05) is 6.26 Å². The third-order valence-corrected chi connectivity index (χ3v) is 6.21. The van der Waals surface area contributed by atoms with E-state index in [2.05, 4.69) is 14.8 Å². The Morgan fingerprint density at radius 3 is 2.27 bits per heavy atom. The zero-order valence-electron chi connectivity index (χ0n) is 13.8. The molecule has 0 unspecified atom stereocenters. The van der Waals surface area contributed by atoms with Crippen LogP contribution in [-0.4, -0.2) is 37.9 Å². The van der Waals surface area contributed by atoms with E-state index >= 15 is 0 Å². The van der Waals surface area contributed by atoms with E-state index in [1.165, 1.54) is 41.6 Å². The maximum atomic E-state index is 12.9. The Bertz CT molecular complexity index is 1120. The molecule has 1 N–H and O–H groups in total. The predicted octanol–water partition coefficient (Wildman–Crippen LogP) is 1.53. The lowest BCUT2D eigenvalue weighted by molar-refractivity contribution is 0.597. The Kier molecular flexibility index (Phi) is 4.79. The summed E-state index contributed by atoms with van der Waals surface area (Å²) in [7, 11) is -7.59. The summed E-state index contributed by atoms with van der Waals surface area (Å²) in [5, 5.41) is 3.98. The molecule has 0 aliphatic carbocycles. The number of aromatic nitrogens is 3. The van der Waals surface area contributed by atoms with Gasteiger partial charge in [-0.1, -0.05) is 30.3 Å². The van der Waals surface area contributed by atoms with Crippen LogP contribution in [-0.2, 0) is 26.4 Å². The van der Waals surface area contributed by atoms with Crippen molar-refractivity contribution in [1.82, 2.24) is 14.8 Å². The van der Waals surface area contributed by atoms with Crippen molar-refractivity contribution in [2.75, 3.05) is 11.0 Å². The Morgan fingerprint density at radius 2 is 1.62 bits per heavy atom. The Balaban J connectivity index is 2.01. The molecule has 0 atom stereocenters. The van der Waals surface area contributed by atoms with Crippen molar-refractivity contribution in [2.45, 2.75) is 16.3 Å². The molecular formula is C16H16N4O4S2. The highest BCUT2D eigenvalue weighted by atomic mass is 32.2. The summed E-state index contributed by atoms with van der Waals surface area (Å²) in [5.74, 6) is 0. The molecule has 1 aromatic heterocycles. The van der Waals surface area contributed by atoms with Crippen molar-refractivity contribution in [3.8, 4) is 0 Å². The number of sulfonamides is 1. The van der Waals surface area contributed by atoms with Crippen LogP contribution in [0.4, 0.5) is 5.69 Å². The second-order valence-corrected chi connectivity index (χ2v) is 9.21. The number of benzene rings is 2. The van der Waals surface area contributed by atoms with Crippen molar-refractivity contribution < 1.29 is 16.8 Å². The molecule has 0 aliphatic heterocycles. The smallest absolute Gasteiger partial charge is 0.262 e. The maximum Gasteiger partial charge on any atom is 0.262 e. The number of hydrogen-bond donors (Lipinski definition) is 1. The van der Waals surface area contributed by atoms with Crippen LogP contribution in [0.15, 0.2) is 71.0 Å². The van der Waals surface area contributed by atoms with E-state index in [9.17, 15) is 16.8 Å². The monoisotopic (exact) mass is 392 g/mol. The van der Waals surface area contributed by atoms with Crippen LogP contribution in [0, 0.1) is 0 Å². The highest BCUT2D eigenvalue weighted by Crippen LogP contribution is 2.25. The molecule has 0 aliphatic rings. The summed E-state index contributed by atoms with van der Waals surface area (Å²) in [4.78, 5) is 3.79. The van der Waals surface area contributed by atoms with Crippen LogP contribution in [0.3, 0.4) is 0 Å². The summed E-state index contributed by atoms with van der Waals surface area (Å²) in [5.41, 5.74) is 0.507. The first-order chi connectivity index (χ1) is 12.3. The van der Waals surface area contributed by atoms with E-state index in [-0.39, 0.29) is 22.0 Å². The lowest BCUT2D eigenvalue weighted by atomic mass is 10.2. The lowest BCUT2D eigenvalue weighted by Gasteiger charge is -2.14. The van der Waals surface area contributed by atoms with Crippen molar-refractivity contribution in [3.63, 3.8) is 0 Å². The molecule has 0 spiro atoms. The highest BCUT2D eigenvalue weighted by Gasteiger charge is 2.22. The second-order valence-electron chi connectivity index (χ2n) is 5.57. The number of hydrogen-bond acceptors (Lipinski definition) is 6. The third kappa shape index (κ3) is 3.92. The van der Waals surface area contributed by atoms with Gasteiger partial charge in [-0.3, -0.25) is 4.72 Å². The largest absolute Gasteiger partial charge is 0.278 e. The van der Waals surface area contributed by atoms with E-state index in [0.717, 1.165) is 6.26 Å². The van der Waals surface area contributed by atoms with Crippen LogP contribution in [0.2, 0.25) is 0 Å². The number of anilines is 1. The minimum absolute atomic E-state index is 0.00515. The summed E-state index contributed by atoms with van der Waals surface area (Å²) in [6, 6.07) is 12.3. The van der Waals surface area contributed by atoms with Gasteiger partial charge in [-0.15, -0.1) is 0 Å². The van der Waals surface area contributed by atoms with Gasteiger partial charge in [-0.2, -0.15) is 5.10 Å². The molecule has 1 heterocycles. The number of nitrogens with one attached hydrogen (secondary N) is 1. The molecule has 0 bridgehead atoms. The average Bonchev–Trinajstić information content (AvgIpc) is 3.07. The Hall–Kier alpha value is -2.72. The minimum atomic E-state index is -4.01. The van der Waals surface area contributed by atoms with Crippen molar-refractivity contribution in [2.24, 2.45) is 0 Å². The van der Waals surface area contributed by atoms with E-state index in [1.807, 2.05) is 0 Å². The van der Waals surface area contributed by atoms with Crippen molar-refractivity contribution in [3.05, 3.63) is 66.7 Å². The lowest BCUT2D eigenvalue weighted by Crippen LogP contribution is -2.18. The SMILES string of the molecule is CS(=O)(=O)c1ccccc1NS(=O)(=O)c1ccccc1Cn1cncn1. The molecule has 2 aromatic carbocycles. The molecule has 26 heavy (non-hydrogen) atoms. The number of para-hydroxylation sites is 1. The molecule has 136 valence electrons. The molecule has 3 rings (SSSR count). The molecule has 0 radical (unpaired) electrons. The molecule has 0 saturated carbocycles. The van der Waals surface area contributed by atoms with Crippen molar-refractivity contribution in [1.29, 1.82) is 0 Å². The molecule has 0 saturated heterocycles. The summed E-state index contributed by atoms with van der Waals surface area (Å²) >= 11 is 0. The van der Waals surface area contributed by atoms with Crippen LogP contribution >= 0.6 is 0 Å². The van der Waals surface area contributed by atoms with Gasteiger partial charge >= 0.3 is 0 Å². The van der Waals surface area contributed by atoms with Crippen LogP contribution in [0.1, 0.15) is 5.56 Å². The number of nitrogens with zero attached hydrogens (tertiary/aromatic N) is 3. The molecule has 10 heteroatoms. The first-order valence-corrected chi connectivity index (χ1v) is 10.9. The average molecular weight is 392 g/mol. The molecule has 0 fully saturated rings. The van der Waals surface area contributed by atoms with Gasteiger partial charge in [0.15, 0.2) is 9.84 Å². The number of rotatable bonds is 6. The maximum absolute atomic E-state index is 12.9. The van der Waals surface area contributed by atoms with Crippen LogP contribution in [0.25, 0.3) is 0 Å². The van der Waals surface area contributed by atoms with Gasteiger partial charge < -0.3 is 0 Å². The van der Waals surface area contributed by atoms with Gasteiger partial charge in [0.2, 0.25) is 0 Å². The van der Waals surface area contributed by atoms with Gasteiger partial charge in [-0.25, -0.2) is 26.5 Å². The normalized spacial score (nSPS) is 12.0. The molecular weight excluding hydrogens is 376 g/mol. The van der Waals surface area contributed by atoms with Crippen molar-refractivity contribution >= 4 is 25.5 Å². The summed E-state index contributed by atoms with van der Waals surface area (Å²) < 4.78 is 53.4. The second kappa shape index (κ2) is 6.89. The van der Waals surface area contributed by atoms with Gasteiger partial charge in [-0.05, 0) is 23.8 Å². The Labute approximate surface area is 151 Å². The van der Waals surface area contributed by atoms with E-state index in [1.54, 1.807) is 24.3 Å². The molecule has 8 nitrogen and oxygen atoms in total. The van der Waals surface area contributed by atoms with Gasteiger partial charge in [0.1, 0.15) is 12.7 Å². The fraction of sp³-hybridized carbons (Fsp3) is 0.125. The summed E-state index contributed by atoms with van der Waals surface area (Å²) in [6.07, 6.45) is 3.87. The minimum Gasteiger partial charge on any atom is -0.278 e. The predicted molar refractivity (Wildman–Crippen MR) is 95.9 cm³/mol. The first-order valence-electron chi connectivity index (χ1n) is 7.49. The third-order valence-electron chi connectivity index (χ3n) is 3.59. The van der Waals surface area contributed by atoms with Crippen LogP contribution in [0.5, 0.6) is 0 Å². The van der Waals surface area contributed by atoms with E-state index < -0.39 is 19.9 Å². The molecule has 3 aromatic rings. The standard InChI is InChI=1S/C16H16N4O4S2/c1-25(21,22)16-9-5-3-7-14(16)19-26(23,24)15-8-4-2-6-13(15)10-20-12-17-11-18-20/h2-9,11-12,19H,10H2,1H3. The quantitative estimate of drug-likeness (QED) is 0.681. The van der Waals surface area contributed by atoms with E-state index in [0.29, 0.717) is 5.56 Å². The van der Waals surface area contributed by atoms with Crippen LogP contribution < -0.4 is 4.72 Å². The summed E-state index contributed by atoms with van der Waals surface area (Å²) in [6.45, 7) is 0.213. The van der Waals surface area contributed by atoms with E-state index in [4.69, 9.17) is 0 Å². The fourth-order valence-corrected chi connectivity index (χ4v) is 4.68. The van der Waals surface area contributed by atoms with Gasteiger partial charge in [0.05, 0.1) is 22.0 Å². The molecule has 0 amide bonds. The number of sulfone groups is 1. The Morgan fingerprint density at radius 1 is 0.962 bits per heavy atom.